The zero-order valence-electron chi connectivity index (χ0n) is 11.9. The van der Waals surface area contributed by atoms with Crippen molar-refractivity contribution >= 4 is 27.4 Å². The monoisotopic (exact) mass is 303 g/mol. The number of rotatable bonds is 7. The van der Waals surface area contributed by atoms with Gasteiger partial charge in [0.05, 0.1) is 5.75 Å². The fraction of sp³-hybridized carbons (Fsp3) is 0.667. The summed E-state index contributed by atoms with van der Waals surface area (Å²) in [6, 6.07) is 0. The van der Waals surface area contributed by atoms with E-state index in [1.165, 1.54) is 18.0 Å². The van der Waals surface area contributed by atoms with E-state index in [4.69, 9.17) is 0 Å². The maximum atomic E-state index is 11.1. The molecule has 7 heteroatoms. The zero-order chi connectivity index (χ0) is 14.5. The highest BCUT2D eigenvalue weighted by Crippen LogP contribution is 2.25. The van der Waals surface area contributed by atoms with Crippen LogP contribution in [-0.2, 0) is 9.84 Å². The van der Waals surface area contributed by atoms with E-state index in [9.17, 15) is 8.42 Å². The van der Waals surface area contributed by atoms with Crippen molar-refractivity contribution in [3.8, 4) is 0 Å². The van der Waals surface area contributed by atoms with Crippen LogP contribution in [0.5, 0.6) is 0 Å². The second kappa shape index (κ2) is 7.09. The lowest BCUT2D eigenvalue weighted by atomic mass is 10.3. The van der Waals surface area contributed by atoms with Crippen molar-refractivity contribution in [1.29, 1.82) is 0 Å². The predicted octanol–water partition coefficient (Wildman–Crippen LogP) is 2.05. The molecule has 1 aromatic rings. The number of hydrogen-bond donors (Lipinski definition) is 1. The lowest BCUT2D eigenvalue weighted by Gasteiger charge is -2.12. The highest BCUT2D eigenvalue weighted by atomic mass is 32.2. The molecule has 0 aromatic carbocycles. The summed E-state index contributed by atoms with van der Waals surface area (Å²) in [4.78, 5) is 8.75. The zero-order valence-corrected chi connectivity index (χ0v) is 13.5. The molecule has 0 bridgehead atoms. The molecule has 1 rings (SSSR count). The maximum absolute atomic E-state index is 11.1. The molecule has 1 heterocycles. The SMILES string of the molecule is CCCNc1nc(C)nc(SCCS(C)(=O)=O)c1C. The number of hydrogen-bond acceptors (Lipinski definition) is 6. The minimum Gasteiger partial charge on any atom is -0.370 e. The molecule has 0 aliphatic heterocycles. The van der Waals surface area contributed by atoms with Crippen LogP contribution in [0.2, 0.25) is 0 Å². The number of aryl methyl sites for hydroxylation is 1. The third kappa shape index (κ3) is 5.78. The molecule has 19 heavy (non-hydrogen) atoms. The van der Waals surface area contributed by atoms with Crippen molar-refractivity contribution in [2.75, 3.05) is 29.6 Å². The fourth-order valence-electron chi connectivity index (χ4n) is 1.45. The highest BCUT2D eigenvalue weighted by molar-refractivity contribution is 8.00. The van der Waals surface area contributed by atoms with Crippen molar-refractivity contribution in [2.24, 2.45) is 0 Å². The molecule has 5 nitrogen and oxygen atoms in total. The van der Waals surface area contributed by atoms with Gasteiger partial charge in [0.1, 0.15) is 26.5 Å². The Balaban J connectivity index is 2.79. The molecular weight excluding hydrogens is 282 g/mol. The summed E-state index contributed by atoms with van der Waals surface area (Å²) in [7, 11) is -2.92. The third-order valence-corrected chi connectivity index (χ3v) is 4.73. The first-order chi connectivity index (χ1) is 8.83. The summed E-state index contributed by atoms with van der Waals surface area (Å²) in [5, 5.41) is 4.12. The van der Waals surface area contributed by atoms with E-state index in [0.717, 1.165) is 29.4 Å². The van der Waals surface area contributed by atoms with Gasteiger partial charge in [-0.3, -0.25) is 0 Å². The van der Waals surface area contributed by atoms with Gasteiger partial charge < -0.3 is 5.32 Å². The average molecular weight is 303 g/mol. The molecule has 0 unspecified atom stereocenters. The normalized spacial score (nSPS) is 11.6. The second-order valence-corrected chi connectivity index (χ2v) is 7.80. The van der Waals surface area contributed by atoms with Crippen LogP contribution in [0.15, 0.2) is 5.03 Å². The van der Waals surface area contributed by atoms with E-state index in [-0.39, 0.29) is 5.75 Å². The smallest absolute Gasteiger partial charge is 0.148 e. The molecule has 1 N–H and O–H groups in total. The summed E-state index contributed by atoms with van der Waals surface area (Å²) < 4.78 is 22.2. The number of nitrogens with zero attached hydrogens (tertiary/aromatic N) is 2. The Morgan fingerprint density at radius 3 is 2.53 bits per heavy atom. The molecule has 0 atom stereocenters. The Kier molecular flexibility index (Phi) is 6.06. The molecule has 108 valence electrons. The highest BCUT2D eigenvalue weighted by Gasteiger charge is 2.10. The number of aromatic nitrogens is 2. The van der Waals surface area contributed by atoms with Crippen LogP contribution in [0.1, 0.15) is 24.7 Å². The molecule has 0 radical (unpaired) electrons. The van der Waals surface area contributed by atoms with E-state index in [2.05, 4.69) is 22.2 Å². The Bertz CT molecular complexity index is 530. The first-order valence-corrected chi connectivity index (χ1v) is 9.27. The van der Waals surface area contributed by atoms with Crippen LogP contribution in [0.25, 0.3) is 0 Å². The van der Waals surface area contributed by atoms with Gasteiger partial charge in [-0.25, -0.2) is 18.4 Å². The summed E-state index contributed by atoms with van der Waals surface area (Å²) in [6.45, 7) is 6.76. The lowest BCUT2D eigenvalue weighted by Crippen LogP contribution is -2.09. The van der Waals surface area contributed by atoms with Gasteiger partial charge in [-0.1, -0.05) is 6.92 Å². The first kappa shape index (κ1) is 16.2. The van der Waals surface area contributed by atoms with Crippen LogP contribution in [-0.4, -0.2) is 42.7 Å². The van der Waals surface area contributed by atoms with Crippen LogP contribution in [0.3, 0.4) is 0 Å². The van der Waals surface area contributed by atoms with Crippen LogP contribution < -0.4 is 5.32 Å². The van der Waals surface area contributed by atoms with Gasteiger partial charge in [-0.05, 0) is 20.3 Å². The molecule has 0 amide bonds. The van der Waals surface area contributed by atoms with E-state index < -0.39 is 9.84 Å². The summed E-state index contributed by atoms with van der Waals surface area (Å²) in [6.07, 6.45) is 2.28. The number of nitrogens with one attached hydrogen (secondary N) is 1. The van der Waals surface area contributed by atoms with E-state index in [1.807, 2.05) is 13.8 Å². The maximum Gasteiger partial charge on any atom is 0.148 e. The van der Waals surface area contributed by atoms with Crippen LogP contribution >= 0.6 is 11.8 Å². The van der Waals surface area contributed by atoms with E-state index in [0.29, 0.717) is 11.6 Å². The van der Waals surface area contributed by atoms with Crippen molar-refractivity contribution in [1.82, 2.24) is 9.97 Å². The summed E-state index contributed by atoms with van der Waals surface area (Å²) in [5.41, 5.74) is 0.984. The van der Waals surface area contributed by atoms with E-state index >= 15 is 0 Å². The van der Waals surface area contributed by atoms with Crippen LogP contribution in [0, 0.1) is 13.8 Å². The molecule has 0 saturated heterocycles. The van der Waals surface area contributed by atoms with Gasteiger partial charge in [0.2, 0.25) is 0 Å². The predicted molar refractivity (Wildman–Crippen MR) is 80.7 cm³/mol. The van der Waals surface area contributed by atoms with Gasteiger partial charge in [0, 0.05) is 24.1 Å². The molecule has 0 aliphatic rings. The van der Waals surface area contributed by atoms with Gasteiger partial charge in [-0.15, -0.1) is 11.8 Å². The number of anilines is 1. The van der Waals surface area contributed by atoms with Gasteiger partial charge in [-0.2, -0.15) is 0 Å². The van der Waals surface area contributed by atoms with Crippen molar-refractivity contribution in [3.63, 3.8) is 0 Å². The quantitative estimate of drug-likeness (QED) is 0.614. The summed E-state index contributed by atoms with van der Waals surface area (Å²) in [5.74, 6) is 2.23. The minimum absolute atomic E-state index is 0.165. The van der Waals surface area contributed by atoms with Crippen molar-refractivity contribution < 1.29 is 8.42 Å². The molecule has 0 spiro atoms. The average Bonchev–Trinajstić information content (AvgIpc) is 2.29. The van der Waals surface area contributed by atoms with E-state index in [1.54, 1.807) is 0 Å². The lowest BCUT2D eigenvalue weighted by molar-refractivity contribution is 0.603. The Hall–Kier alpha value is -0.820. The summed E-state index contributed by atoms with van der Waals surface area (Å²) >= 11 is 1.47. The second-order valence-electron chi connectivity index (χ2n) is 4.45. The standard InChI is InChI=1S/C12H21N3O2S2/c1-5-6-13-11-9(2)12(15-10(3)14-11)18-7-8-19(4,16)17/h5-8H2,1-4H3,(H,13,14,15). The molecular formula is C12H21N3O2S2. The number of sulfone groups is 1. The molecule has 0 fully saturated rings. The van der Waals surface area contributed by atoms with Crippen molar-refractivity contribution in [3.05, 3.63) is 11.4 Å². The topological polar surface area (TPSA) is 72.0 Å². The molecule has 0 aliphatic carbocycles. The fourth-order valence-corrected chi connectivity index (χ4v) is 3.70. The van der Waals surface area contributed by atoms with Gasteiger partial charge in [0.25, 0.3) is 0 Å². The number of thioether (sulfide) groups is 1. The third-order valence-electron chi connectivity index (χ3n) is 2.45. The van der Waals surface area contributed by atoms with Gasteiger partial charge in [0.15, 0.2) is 0 Å². The van der Waals surface area contributed by atoms with Gasteiger partial charge >= 0.3 is 0 Å². The first-order valence-electron chi connectivity index (χ1n) is 6.23. The molecule has 0 saturated carbocycles. The Morgan fingerprint density at radius 2 is 1.95 bits per heavy atom. The Morgan fingerprint density at radius 1 is 1.26 bits per heavy atom. The van der Waals surface area contributed by atoms with Crippen LogP contribution in [0.4, 0.5) is 5.82 Å². The Labute approximate surface area is 119 Å². The van der Waals surface area contributed by atoms with Crippen molar-refractivity contribution in [2.45, 2.75) is 32.2 Å². The largest absolute Gasteiger partial charge is 0.370 e. The molecule has 1 aromatic heterocycles. The minimum atomic E-state index is -2.92.